The quantitative estimate of drug-likeness (QED) is 0.528. The zero-order valence-electron chi connectivity index (χ0n) is 15.8. The summed E-state index contributed by atoms with van der Waals surface area (Å²) < 4.78 is 6.01. The van der Waals surface area contributed by atoms with Crippen molar-refractivity contribution in [1.82, 2.24) is 0 Å². The van der Waals surface area contributed by atoms with Crippen molar-refractivity contribution in [3.63, 3.8) is 0 Å². The number of hydrogen-bond acceptors (Lipinski definition) is 5. The molecule has 0 bridgehead atoms. The third-order valence-electron chi connectivity index (χ3n) is 4.99. The van der Waals surface area contributed by atoms with Gasteiger partial charge < -0.3 is 19.7 Å². The van der Waals surface area contributed by atoms with Crippen LogP contribution >= 0.6 is 11.6 Å². The Labute approximate surface area is 167 Å². The molecule has 0 spiro atoms. The highest BCUT2D eigenvalue weighted by Crippen LogP contribution is 2.42. The van der Waals surface area contributed by atoms with Crippen LogP contribution in [0.2, 0.25) is 5.02 Å². The van der Waals surface area contributed by atoms with E-state index < -0.39 is 17.5 Å². The van der Waals surface area contributed by atoms with Crippen LogP contribution in [0, 0.1) is 0 Å². The molecule has 0 radical (unpaired) electrons. The Morgan fingerprint density at radius 3 is 2.46 bits per heavy atom. The van der Waals surface area contributed by atoms with Crippen LogP contribution in [0.25, 0.3) is 22.3 Å². The third-order valence-corrected chi connectivity index (χ3v) is 5.32. The van der Waals surface area contributed by atoms with Crippen LogP contribution in [-0.4, -0.2) is 21.4 Å². The van der Waals surface area contributed by atoms with E-state index in [2.05, 4.69) is 0 Å². The number of phenols is 2. The van der Waals surface area contributed by atoms with Crippen molar-refractivity contribution in [3.05, 3.63) is 57.2 Å². The smallest absolute Gasteiger partial charge is 0.197 e. The summed E-state index contributed by atoms with van der Waals surface area (Å²) in [5.41, 5.74) is 0.483. The summed E-state index contributed by atoms with van der Waals surface area (Å²) in [6.45, 7) is 3.82. The van der Waals surface area contributed by atoms with E-state index in [9.17, 15) is 20.1 Å². The number of aromatic hydroxyl groups is 2. The number of fused-ring (bicyclic) bond motifs is 1. The molecule has 2 atom stereocenters. The van der Waals surface area contributed by atoms with Crippen LogP contribution in [0.3, 0.4) is 0 Å². The molecular weight excluding hydrogens is 380 g/mol. The van der Waals surface area contributed by atoms with Gasteiger partial charge in [-0.15, -0.1) is 0 Å². The molecule has 1 heterocycles. The minimum Gasteiger partial charge on any atom is -0.507 e. The monoisotopic (exact) mass is 402 g/mol. The highest BCUT2D eigenvalue weighted by Gasteiger charge is 2.28. The van der Waals surface area contributed by atoms with Gasteiger partial charge in [-0.1, -0.05) is 44.0 Å². The van der Waals surface area contributed by atoms with Gasteiger partial charge in [-0.05, 0) is 25.0 Å². The van der Waals surface area contributed by atoms with Crippen molar-refractivity contribution in [2.75, 3.05) is 0 Å². The maximum Gasteiger partial charge on any atom is 0.197 e. The first-order chi connectivity index (χ1) is 13.4. The summed E-state index contributed by atoms with van der Waals surface area (Å²) in [7, 11) is 0. The van der Waals surface area contributed by atoms with Gasteiger partial charge in [0.15, 0.2) is 5.43 Å². The van der Waals surface area contributed by atoms with E-state index in [4.69, 9.17) is 16.0 Å². The lowest BCUT2D eigenvalue weighted by molar-refractivity contribution is 0.133. The number of rotatable bonds is 6. The predicted molar refractivity (Wildman–Crippen MR) is 110 cm³/mol. The van der Waals surface area contributed by atoms with Crippen molar-refractivity contribution in [3.8, 4) is 22.8 Å². The average Bonchev–Trinajstić information content (AvgIpc) is 2.66. The van der Waals surface area contributed by atoms with Crippen LogP contribution in [-0.2, 0) is 0 Å². The molecule has 1 aromatic heterocycles. The summed E-state index contributed by atoms with van der Waals surface area (Å²) in [4.78, 5) is 12.8. The van der Waals surface area contributed by atoms with Gasteiger partial charge in [0.1, 0.15) is 28.2 Å². The van der Waals surface area contributed by atoms with Crippen LogP contribution in [0.5, 0.6) is 11.5 Å². The summed E-state index contributed by atoms with van der Waals surface area (Å²) in [5.74, 6) is -0.786. The minimum absolute atomic E-state index is 0.0204. The molecule has 28 heavy (non-hydrogen) atoms. The van der Waals surface area contributed by atoms with E-state index in [1.165, 1.54) is 6.07 Å². The van der Waals surface area contributed by atoms with Gasteiger partial charge in [0.05, 0.1) is 11.1 Å². The Bertz CT molecular complexity index is 1060. The van der Waals surface area contributed by atoms with E-state index in [1.54, 1.807) is 24.3 Å². The first-order valence-corrected chi connectivity index (χ1v) is 9.72. The standard InChI is InChI=1S/C22H23ClO5/c1-3-7-13(15(24)4-2)20-16(25)10-17(26)21-18(27)11-19(28-22(20)21)12-8-5-6-9-14(12)23/h5-6,8-11,13,15,24-26H,3-4,7H2,1-2H3. The van der Waals surface area contributed by atoms with Crippen molar-refractivity contribution >= 4 is 22.6 Å². The number of aliphatic hydroxyl groups excluding tert-OH is 1. The van der Waals surface area contributed by atoms with E-state index >= 15 is 0 Å². The number of hydrogen-bond donors (Lipinski definition) is 3. The fourth-order valence-electron chi connectivity index (χ4n) is 3.60. The number of phenolic OH excluding ortho intramolecular Hbond substituents is 2. The molecule has 2 unspecified atom stereocenters. The lowest BCUT2D eigenvalue weighted by atomic mass is 9.86. The fourth-order valence-corrected chi connectivity index (χ4v) is 3.83. The Balaban J connectivity index is 2.38. The number of benzene rings is 2. The van der Waals surface area contributed by atoms with Gasteiger partial charge in [-0.3, -0.25) is 4.79 Å². The Morgan fingerprint density at radius 2 is 1.82 bits per heavy atom. The fraction of sp³-hybridized carbons (Fsp3) is 0.318. The molecule has 3 rings (SSSR count). The molecule has 0 amide bonds. The second-order valence-electron chi connectivity index (χ2n) is 6.86. The van der Waals surface area contributed by atoms with Gasteiger partial charge in [0.2, 0.25) is 0 Å². The molecule has 0 saturated carbocycles. The summed E-state index contributed by atoms with van der Waals surface area (Å²) in [6, 6.07) is 9.35. The third kappa shape index (κ3) is 3.60. The number of aliphatic hydroxyl groups is 1. The number of halogens is 1. The Kier molecular flexibility index (Phi) is 5.96. The topological polar surface area (TPSA) is 90.9 Å². The van der Waals surface area contributed by atoms with E-state index in [-0.39, 0.29) is 28.2 Å². The van der Waals surface area contributed by atoms with Crippen LogP contribution in [0.1, 0.15) is 44.6 Å². The molecule has 0 fully saturated rings. The second kappa shape index (κ2) is 8.25. The minimum atomic E-state index is -0.729. The summed E-state index contributed by atoms with van der Waals surface area (Å²) in [5, 5.41) is 31.8. The van der Waals surface area contributed by atoms with E-state index in [0.29, 0.717) is 29.0 Å². The maximum atomic E-state index is 12.8. The van der Waals surface area contributed by atoms with Gasteiger partial charge >= 0.3 is 0 Å². The molecule has 148 valence electrons. The normalized spacial score (nSPS) is 13.6. The predicted octanol–water partition coefficient (Wildman–Crippen LogP) is 5.18. The maximum absolute atomic E-state index is 12.8. The average molecular weight is 403 g/mol. The lowest BCUT2D eigenvalue weighted by Gasteiger charge is -2.24. The van der Waals surface area contributed by atoms with Crippen molar-refractivity contribution in [1.29, 1.82) is 0 Å². The van der Waals surface area contributed by atoms with Crippen LogP contribution < -0.4 is 5.43 Å². The first kappa shape index (κ1) is 20.2. The van der Waals surface area contributed by atoms with Gasteiger partial charge in [0.25, 0.3) is 0 Å². The molecule has 6 heteroatoms. The molecule has 3 aromatic rings. The summed E-state index contributed by atoms with van der Waals surface area (Å²) in [6.07, 6.45) is 1.09. The molecule has 0 aliphatic rings. The van der Waals surface area contributed by atoms with Crippen molar-refractivity contribution < 1.29 is 19.7 Å². The zero-order valence-corrected chi connectivity index (χ0v) is 16.5. The molecule has 3 N–H and O–H groups in total. The zero-order chi connectivity index (χ0) is 20.4. The van der Waals surface area contributed by atoms with Gasteiger partial charge in [-0.25, -0.2) is 0 Å². The first-order valence-electron chi connectivity index (χ1n) is 9.34. The van der Waals surface area contributed by atoms with E-state index in [1.807, 2.05) is 13.8 Å². The lowest BCUT2D eigenvalue weighted by Crippen LogP contribution is -2.18. The molecule has 5 nitrogen and oxygen atoms in total. The van der Waals surface area contributed by atoms with Crippen molar-refractivity contribution in [2.45, 2.75) is 45.1 Å². The van der Waals surface area contributed by atoms with Gasteiger partial charge in [0, 0.05) is 29.2 Å². The van der Waals surface area contributed by atoms with Gasteiger partial charge in [-0.2, -0.15) is 0 Å². The molecule has 0 aliphatic carbocycles. The van der Waals surface area contributed by atoms with Crippen molar-refractivity contribution in [2.24, 2.45) is 0 Å². The highest BCUT2D eigenvalue weighted by atomic mass is 35.5. The Morgan fingerprint density at radius 1 is 1.11 bits per heavy atom. The molecule has 2 aromatic carbocycles. The largest absolute Gasteiger partial charge is 0.507 e. The molecule has 0 aliphatic heterocycles. The van der Waals surface area contributed by atoms with E-state index in [0.717, 1.165) is 12.5 Å². The second-order valence-corrected chi connectivity index (χ2v) is 7.27. The SMILES string of the molecule is CCCC(c1c(O)cc(O)c2c(=O)cc(-c3ccccc3Cl)oc12)C(O)CC. The van der Waals surface area contributed by atoms with Crippen LogP contribution in [0.15, 0.2) is 45.6 Å². The molecule has 0 saturated heterocycles. The highest BCUT2D eigenvalue weighted by molar-refractivity contribution is 6.33. The van der Waals surface area contributed by atoms with Crippen LogP contribution in [0.4, 0.5) is 0 Å². The molecular formula is C22H23ClO5. The Hall–Kier alpha value is -2.50. The summed E-state index contributed by atoms with van der Waals surface area (Å²) >= 11 is 6.25.